The van der Waals surface area contributed by atoms with Crippen molar-refractivity contribution in [1.82, 2.24) is 9.97 Å². The van der Waals surface area contributed by atoms with Crippen LogP contribution >= 0.6 is 22.7 Å². The minimum absolute atomic E-state index is 0.779. The average molecular weight is 343 g/mol. The van der Waals surface area contributed by atoms with Crippen molar-refractivity contribution in [3.8, 4) is 11.5 Å². The number of hydrogen-bond acceptors (Lipinski definition) is 7. The summed E-state index contributed by atoms with van der Waals surface area (Å²) in [5.74, 6) is 1.61. The minimum Gasteiger partial charge on any atom is -0.497 e. The highest BCUT2D eigenvalue weighted by molar-refractivity contribution is 7.24. The van der Waals surface area contributed by atoms with Gasteiger partial charge in [-0.25, -0.2) is 9.97 Å². The van der Waals surface area contributed by atoms with Gasteiger partial charge in [-0.05, 0) is 30.3 Å². The lowest BCUT2D eigenvalue weighted by molar-refractivity contribution is 0.415. The maximum Gasteiger partial charge on any atom is 0.190 e. The molecule has 0 saturated carbocycles. The lowest BCUT2D eigenvalue weighted by Gasteiger charge is -1.98. The van der Waals surface area contributed by atoms with Crippen molar-refractivity contribution in [2.45, 2.75) is 0 Å². The van der Waals surface area contributed by atoms with E-state index in [1.165, 1.54) is 0 Å². The molecule has 2 aromatic heterocycles. The summed E-state index contributed by atoms with van der Waals surface area (Å²) in [5.41, 5.74) is 1.81. The number of benzene rings is 2. The molecule has 5 nitrogen and oxygen atoms in total. The van der Waals surface area contributed by atoms with E-state index in [2.05, 4.69) is 15.3 Å². The quantitative estimate of drug-likeness (QED) is 0.584. The number of nitrogens with zero attached hydrogens (tertiary/aromatic N) is 2. The molecule has 0 fully saturated rings. The van der Waals surface area contributed by atoms with Gasteiger partial charge in [0.25, 0.3) is 0 Å². The van der Waals surface area contributed by atoms with E-state index in [9.17, 15) is 0 Å². The Hall–Kier alpha value is -2.38. The summed E-state index contributed by atoms with van der Waals surface area (Å²) >= 11 is 3.15. The third-order valence-corrected chi connectivity index (χ3v) is 5.28. The number of hydrogen-bond donors (Lipinski definition) is 1. The third kappa shape index (κ3) is 2.58. The number of methoxy groups -OCH3 is 2. The third-order valence-electron chi connectivity index (χ3n) is 3.41. The Labute approximate surface area is 140 Å². The van der Waals surface area contributed by atoms with Crippen LogP contribution in [0.1, 0.15) is 0 Å². The first-order valence-electron chi connectivity index (χ1n) is 6.92. The van der Waals surface area contributed by atoms with Crippen molar-refractivity contribution in [2.24, 2.45) is 0 Å². The summed E-state index contributed by atoms with van der Waals surface area (Å²) in [4.78, 5) is 9.19. The number of ether oxygens (including phenoxy) is 2. The van der Waals surface area contributed by atoms with Gasteiger partial charge in [0, 0.05) is 0 Å². The molecule has 0 unspecified atom stereocenters. The Balaban J connectivity index is 1.70. The largest absolute Gasteiger partial charge is 0.497 e. The fraction of sp³-hybridized carbons (Fsp3) is 0.125. The summed E-state index contributed by atoms with van der Waals surface area (Å²) in [7, 11) is 3.32. The van der Waals surface area contributed by atoms with E-state index in [1.54, 1.807) is 36.9 Å². The molecule has 0 amide bonds. The molecule has 2 heterocycles. The Kier molecular flexibility index (Phi) is 3.51. The maximum atomic E-state index is 5.35. The topological polar surface area (TPSA) is 56.3 Å². The Morgan fingerprint density at radius 3 is 2.57 bits per heavy atom. The second kappa shape index (κ2) is 5.68. The molecule has 116 valence electrons. The Morgan fingerprint density at radius 1 is 0.913 bits per heavy atom. The number of nitrogens with one attached hydrogen (secondary N) is 1. The highest BCUT2D eigenvalue weighted by atomic mass is 32.1. The van der Waals surface area contributed by atoms with Crippen LogP contribution in [0.5, 0.6) is 11.5 Å². The fourth-order valence-electron chi connectivity index (χ4n) is 2.32. The van der Waals surface area contributed by atoms with Crippen LogP contribution in [0.4, 0.5) is 10.3 Å². The van der Waals surface area contributed by atoms with E-state index < -0.39 is 0 Å². The predicted octanol–water partition coefficient (Wildman–Crippen LogP) is 4.67. The van der Waals surface area contributed by atoms with Crippen LogP contribution in [-0.4, -0.2) is 24.2 Å². The molecule has 4 aromatic rings. The van der Waals surface area contributed by atoms with Gasteiger partial charge in [-0.1, -0.05) is 28.7 Å². The van der Waals surface area contributed by atoms with Gasteiger partial charge in [0.1, 0.15) is 17.0 Å². The summed E-state index contributed by atoms with van der Waals surface area (Å²) in [6.45, 7) is 0. The van der Waals surface area contributed by atoms with Crippen LogP contribution < -0.4 is 14.8 Å². The molecule has 2 aromatic carbocycles. The zero-order valence-electron chi connectivity index (χ0n) is 12.5. The molecule has 0 radical (unpaired) electrons. The first kappa shape index (κ1) is 14.2. The van der Waals surface area contributed by atoms with Gasteiger partial charge >= 0.3 is 0 Å². The number of aromatic nitrogens is 2. The molecule has 0 atom stereocenters. The van der Waals surface area contributed by atoms with Crippen molar-refractivity contribution >= 4 is 53.4 Å². The summed E-state index contributed by atoms with van der Waals surface area (Å²) in [6, 6.07) is 11.8. The van der Waals surface area contributed by atoms with E-state index in [0.717, 1.165) is 42.2 Å². The predicted molar refractivity (Wildman–Crippen MR) is 95.6 cm³/mol. The Morgan fingerprint density at radius 2 is 1.74 bits per heavy atom. The van der Waals surface area contributed by atoms with Gasteiger partial charge in [0.15, 0.2) is 10.3 Å². The summed E-state index contributed by atoms with van der Waals surface area (Å²) in [5, 5.41) is 4.90. The molecule has 0 bridgehead atoms. The van der Waals surface area contributed by atoms with Gasteiger partial charge in [-0.2, -0.15) is 0 Å². The number of thiazole rings is 2. The fourth-order valence-corrected chi connectivity index (χ4v) is 4.16. The monoisotopic (exact) mass is 343 g/mol. The number of para-hydroxylation sites is 1. The highest BCUT2D eigenvalue weighted by Gasteiger charge is 2.11. The minimum atomic E-state index is 0.779. The van der Waals surface area contributed by atoms with Crippen LogP contribution in [0.15, 0.2) is 36.4 Å². The van der Waals surface area contributed by atoms with Gasteiger partial charge < -0.3 is 14.8 Å². The maximum absolute atomic E-state index is 5.35. The van der Waals surface area contributed by atoms with Gasteiger partial charge in [-0.3, -0.25) is 0 Å². The zero-order valence-corrected chi connectivity index (χ0v) is 14.1. The van der Waals surface area contributed by atoms with Crippen molar-refractivity contribution in [2.75, 3.05) is 19.5 Å². The summed E-state index contributed by atoms with van der Waals surface area (Å²) in [6.07, 6.45) is 0. The normalized spacial score (nSPS) is 11.0. The van der Waals surface area contributed by atoms with Crippen molar-refractivity contribution in [1.29, 1.82) is 0 Å². The van der Waals surface area contributed by atoms with Crippen molar-refractivity contribution < 1.29 is 9.47 Å². The first-order chi connectivity index (χ1) is 11.3. The molecule has 0 spiro atoms. The Bertz CT molecular complexity index is 993. The van der Waals surface area contributed by atoms with E-state index in [4.69, 9.17) is 9.47 Å². The number of anilines is 2. The molecular weight excluding hydrogens is 330 g/mol. The second-order valence-electron chi connectivity index (χ2n) is 4.80. The van der Waals surface area contributed by atoms with Crippen molar-refractivity contribution in [3.05, 3.63) is 36.4 Å². The molecular formula is C16H13N3O2S2. The SMILES string of the molecule is COc1ccc2nc(Nc3nc4c(OC)cccc4s3)sc2c1. The molecule has 23 heavy (non-hydrogen) atoms. The highest BCUT2D eigenvalue weighted by Crippen LogP contribution is 2.35. The molecule has 7 heteroatoms. The average Bonchev–Trinajstić information content (AvgIpc) is 3.16. The number of fused-ring (bicyclic) bond motifs is 2. The van der Waals surface area contributed by atoms with Crippen LogP contribution in [0, 0.1) is 0 Å². The molecule has 1 N–H and O–H groups in total. The van der Waals surface area contributed by atoms with Crippen LogP contribution in [-0.2, 0) is 0 Å². The molecule has 0 aliphatic carbocycles. The van der Waals surface area contributed by atoms with Gasteiger partial charge in [0.05, 0.1) is 29.1 Å². The molecule has 0 aliphatic rings. The van der Waals surface area contributed by atoms with Crippen LogP contribution in [0.25, 0.3) is 20.4 Å². The van der Waals surface area contributed by atoms with Crippen LogP contribution in [0.2, 0.25) is 0 Å². The second-order valence-corrected chi connectivity index (χ2v) is 6.87. The smallest absolute Gasteiger partial charge is 0.190 e. The van der Waals surface area contributed by atoms with E-state index in [-0.39, 0.29) is 0 Å². The van der Waals surface area contributed by atoms with E-state index in [0.29, 0.717) is 0 Å². The van der Waals surface area contributed by atoms with Gasteiger partial charge in [-0.15, -0.1) is 0 Å². The lowest BCUT2D eigenvalue weighted by atomic mass is 10.3. The summed E-state index contributed by atoms with van der Waals surface area (Å²) < 4.78 is 12.8. The van der Waals surface area contributed by atoms with E-state index >= 15 is 0 Å². The molecule has 0 aliphatic heterocycles. The van der Waals surface area contributed by atoms with E-state index in [1.807, 2.05) is 36.4 Å². The lowest BCUT2D eigenvalue weighted by Crippen LogP contribution is -1.88. The molecule has 0 saturated heterocycles. The zero-order chi connectivity index (χ0) is 15.8. The first-order valence-corrected chi connectivity index (χ1v) is 8.55. The van der Waals surface area contributed by atoms with Gasteiger partial charge in [0.2, 0.25) is 0 Å². The van der Waals surface area contributed by atoms with Crippen LogP contribution in [0.3, 0.4) is 0 Å². The number of rotatable bonds is 4. The standard InChI is InChI=1S/C16H13N3O2S2/c1-20-9-6-7-10-13(8-9)23-15(17-10)19-16-18-14-11(21-2)4-3-5-12(14)22-16/h3-8H,1-2H3,(H,17,18,19). The molecule has 4 rings (SSSR count). The van der Waals surface area contributed by atoms with Crippen molar-refractivity contribution in [3.63, 3.8) is 0 Å².